The average Bonchev–Trinajstić information content (AvgIpc) is 2.12. The lowest BCUT2D eigenvalue weighted by molar-refractivity contribution is 0.609. The van der Waals surface area contributed by atoms with Crippen LogP contribution in [-0.4, -0.2) is 0 Å². The summed E-state index contributed by atoms with van der Waals surface area (Å²) in [5.74, 6) is -0.328. The molecule has 0 spiro atoms. The number of rotatable bonds is 2. The van der Waals surface area contributed by atoms with Gasteiger partial charge in [0.15, 0.2) is 0 Å². The Morgan fingerprint density at radius 1 is 1.54 bits per heavy atom. The van der Waals surface area contributed by atoms with Crippen LogP contribution < -0.4 is 0 Å². The Hall–Kier alpha value is -1.07. The van der Waals surface area contributed by atoms with Crippen LogP contribution in [0.2, 0.25) is 5.02 Å². The van der Waals surface area contributed by atoms with Gasteiger partial charge in [0.1, 0.15) is 5.82 Å². The van der Waals surface area contributed by atoms with E-state index in [-0.39, 0.29) is 5.82 Å². The van der Waals surface area contributed by atoms with Gasteiger partial charge in [0.2, 0.25) is 0 Å². The van der Waals surface area contributed by atoms with Crippen LogP contribution >= 0.6 is 11.6 Å². The second-order valence-corrected chi connectivity index (χ2v) is 3.19. The van der Waals surface area contributed by atoms with Gasteiger partial charge in [0.05, 0.1) is 6.07 Å². The molecule has 0 aliphatic carbocycles. The number of nitriles is 1. The van der Waals surface area contributed by atoms with Gasteiger partial charge in [-0.15, -0.1) is 0 Å². The van der Waals surface area contributed by atoms with Crippen LogP contribution in [0.1, 0.15) is 17.5 Å². The van der Waals surface area contributed by atoms with E-state index in [0.29, 0.717) is 23.4 Å². The number of hydrogen-bond acceptors (Lipinski definition) is 1. The third-order valence-electron chi connectivity index (χ3n) is 1.87. The molecule has 0 fully saturated rings. The summed E-state index contributed by atoms with van der Waals surface area (Å²) in [6.07, 6.45) is 0.670. The van der Waals surface area contributed by atoms with Crippen LogP contribution in [0.4, 0.5) is 4.39 Å². The SMILES string of the molecule is Cc1ccc(F)c(CCC#N)c1Cl. The van der Waals surface area contributed by atoms with E-state index in [4.69, 9.17) is 16.9 Å². The van der Waals surface area contributed by atoms with Crippen LogP contribution in [-0.2, 0) is 6.42 Å². The maximum absolute atomic E-state index is 13.2. The normalized spacial score (nSPS) is 9.69. The Kier molecular flexibility index (Phi) is 3.27. The average molecular weight is 198 g/mol. The zero-order valence-electron chi connectivity index (χ0n) is 7.27. The number of aryl methyl sites for hydroxylation is 1. The summed E-state index contributed by atoms with van der Waals surface area (Å²) < 4.78 is 13.2. The number of halogens is 2. The quantitative estimate of drug-likeness (QED) is 0.714. The zero-order chi connectivity index (χ0) is 9.84. The molecule has 0 amide bonds. The van der Waals surface area contributed by atoms with E-state index in [0.717, 1.165) is 5.56 Å². The van der Waals surface area contributed by atoms with Crippen LogP contribution in [0.15, 0.2) is 12.1 Å². The Labute approximate surface area is 81.8 Å². The van der Waals surface area contributed by atoms with Gasteiger partial charge in [-0.1, -0.05) is 17.7 Å². The van der Waals surface area contributed by atoms with Crippen LogP contribution in [0.5, 0.6) is 0 Å². The standard InChI is InChI=1S/C10H9ClFN/c1-7-4-5-9(12)8(10(7)11)3-2-6-13/h4-5H,2-3H2,1H3. The molecule has 0 saturated heterocycles. The molecule has 0 heterocycles. The Morgan fingerprint density at radius 2 is 2.23 bits per heavy atom. The van der Waals surface area contributed by atoms with E-state index in [1.165, 1.54) is 6.07 Å². The molecule has 13 heavy (non-hydrogen) atoms. The molecule has 1 nitrogen and oxygen atoms in total. The minimum absolute atomic E-state index is 0.292. The summed E-state index contributed by atoms with van der Waals surface area (Å²) in [6.45, 7) is 1.82. The summed E-state index contributed by atoms with van der Waals surface area (Å²) in [6, 6.07) is 4.98. The van der Waals surface area contributed by atoms with Crippen molar-refractivity contribution in [2.24, 2.45) is 0 Å². The fraction of sp³-hybridized carbons (Fsp3) is 0.300. The molecular weight excluding hydrogens is 189 g/mol. The van der Waals surface area contributed by atoms with Gasteiger partial charge >= 0.3 is 0 Å². The maximum Gasteiger partial charge on any atom is 0.127 e. The third kappa shape index (κ3) is 2.19. The van der Waals surface area contributed by atoms with Gasteiger partial charge in [-0.3, -0.25) is 0 Å². The molecule has 0 aromatic heterocycles. The largest absolute Gasteiger partial charge is 0.207 e. The highest BCUT2D eigenvalue weighted by Crippen LogP contribution is 2.24. The smallest absolute Gasteiger partial charge is 0.127 e. The molecular formula is C10H9ClFN. The molecule has 1 aromatic rings. The highest BCUT2D eigenvalue weighted by atomic mass is 35.5. The Bertz CT molecular complexity index is 355. The van der Waals surface area contributed by atoms with E-state index in [9.17, 15) is 4.39 Å². The first-order chi connectivity index (χ1) is 6.16. The highest BCUT2D eigenvalue weighted by molar-refractivity contribution is 6.32. The lowest BCUT2D eigenvalue weighted by Crippen LogP contribution is -1.93. The number of nitrogens with zero attached hydrogens (tertiary/aromatic N) is 1. The fourth-order valence-corrected chi connectivity index (χ4v) is 1.37. The Morgan fingerprint density at radius 3 is 2.85 bits per heavy atom. The van der Waals surface area contributed by atoms with Crippen LogP contribution in [0.3, 0.4) is 0 Å². The van der Waals surface area contributed by atoms with Crippen molar-refractivity contribution in [3.8, 4) is 6.07 Å². The van der Waals surface area contributed by atoms with Crippen molar-refractivity contribution in [2.75, 3.05) is 0 Å². The molecule has 0 bridgehead atoms. The molecule has 3 heteroatoms. The zero-order valence-corrected chi connectivity index (χ0v) is 8.03. The van der Waals surface area contributed by atoms with Crippen LogP contribution in [0, 0.1) is 24.1 Å². The molecule has 1 rings (SSSR count). The van der Waals surface area contributed by atoms with Crippen LogP contribution in [0.25, 0.3) is 0 Å². The van der Waals surface area contributed by atoms with Crippen molar-refractivity contribution in [1.82, 2.24) is 0 Å². The highest BCUT2D eigenvalue weighted by Gasteiger charge is 2.08. The minimum atomic E-state index is -0.328. The summed E-state index contributed by atoms with van der Waals surface area (Å²) in [5.41, 5.74) is 1.29. The van der Waals surface area contributed by atoms with Crippen molar-refractivity contribution in [3.63, 3.8) is 0 Å². The molecule has 0 radical (unpaired) electrons. The lowest BCUT2D eigenvalue weighted by Gasteiger charge is -2.05. The molecule has 1 aromatic carbocycles. The van der Waals surface area contributed by atoms with E-state index in [2.05, 4.69) is 0 Å². The summed E-state index contributed by atoms with van der Waals surface area (Å²) in [4.78, 5) is 0. The molecule has 68 valence electrons. The molecule has 0 aliphatic heterocycles. The lowest BCUT2D eigenvalue weighted by atomic mass is 10.1. The minimum Gasteiger partial charge on any atom is -0.207 e. The predicted octanol–water partition coefficient (Wildman–Crippen LogP) is 3.24. The number of benzene rings is 1. The number of hydrogen-bond donors (Lipinski definition) is 0. The first kappa shape index (κ1) is 10.0. The molecule has 0 saturated carbocycles. The van der Waals surface area contributed by atoms with Crippen molar-refractivity contribution in [1.29, 1.82) is 5.26 Å². The second-order valence-electron chi connectivity index (χ2n) is 2.81. The predicted molar refractivity (Wildman–Crippen MR) is 50.1 cm³/mol. The first-order valence-corrected chi connectivity index (χ1v) is 4.35. The molecule has 0 unspecified atom stereocenters. The summed E-state index contributed by atoms with van der Waals surface area (Å²) in [7, 11) is 0. The molecule has 0 N–H and O–H groups in total. The Balaban J connectivity index is 3.04. The van der Waals surface area contributed by atoms with E-state index in [1.54, 1.807) is 6.07 Å². The van der Waals surface area contributed by atoms with Gasteiger partial charge in [-0.05, 0) is 25.0 Å². The second kappa shape index (κ2) is 4.25. The van der Waals surface area contributed by atoms with Crippen molar-refractivity contribution < 1.29 is 4.39 Å². The van der Waals surface area contributed by atoms with Gasteiger partial charge < -0.3 is 0 Å². The first-order valence-electron chi connectivity index (χ1n) is 3.97. The third-order valence-corrected chi connectivity index (χ3v) is 2.39. The van der Waals surface area contributed by atoms with Gasteiger partial charge in [-0.25, -0.2) is 4.39 Å². The monoisotopic (exact) mass is 197 g/mol. The molecule has 0 atom stereocenters. The van der Waals surface area contributed by atoms with Crippen molar-refractivity contribution in [2.45, 2.75) is 19.8 Å². The van der Waals surface area contributed by atoms with Gasteiger partial charge in [0, 0.05) is 17.0 Å². The summed E-state index contributed by atoms with van der Waals surface area (Å²) >= 11 is 5.88. The van der Waals surface area contributed by atoms with Gasteiger partial charge in [0.25, 0.3) is 0 Å². The van der Waals surface area contributed by atoms with E-state index >= 15 is 0 Å². The topological polar surface area (TPSA) is 23.8 Å². The summed E-state index contributed by atoms with van der Waals surface area (Å²) in [5, 5.41) is 8.80. The molecule has 0 aliphatic rings. The van der Waals surface area contributed by atoms with Gasteiger partial charge in [-0.2, -0.15) is 5.26 Å². The fourth-order valence-electron chi connectivity index (χ4n) is 1.12. The van der Waals surface area contributed by atoms with E-state index in [1.807, 2.05) is 13.0 Å². The maximum atomic E-state index is 13.2. The van der Waals surface area contributed by atoms with Crippen molar-refractivity contribution in [3.05, 3.63) is 34.1 Å². The van der Waals surface area contributed by atoms with Crippen molar-refractivity contribution >= 4 is 11.6 Å². The van der Waals surface area contributed by atoms with E-state index < -0.39 is 0 Å².